The Morgan fingerprint density at radius 2 is 1.56 bits per heavy atom. The van der Waals surface area contributed by atoms with Crippen LogP contribution < -0.4 is 9.80 Å². The summed E-state index contributed by atoms with van der Waals surface area (Å²) in [6.45, 7) is 2.54. The van der Waals surface area contributed by atoms with Gasteiger partial charge in [-0.2, -0.15) is 0 Å². The van der Waals surface area contributed by atoms with E-state index in [1.807, 2.05) is 0 Å². The molecule has 1 spiro atoms. The Balaban J connectivity index is 1.60. The third kappa shape index (κ3) is 3.53. The fraction of sp³-hybridized carbons (Fsp3) is 0.346. The van der Waals surface area contributed by atoms with E-state index < -0.39 is 59.1 Å². The summed E-state index contributed by atoms with van der Waals surface area (Å²) < 4.78 is 5.48. The second kappa shape index (κ2) is 8.91. The molecule has 13 heteroatoms. The molecule has 2 aromatic carbocycles. The molecule has 4 amide bonds. The van der Waals surface area contributed by atoms with Crippen molar-refractivity contribution in [3.05, 3.63) is 56.0 Å². The molecule has 4 heterocycles. The smallest absolute Gasteiger partial charge is 0.302 e. The topological polar surface area (TPSA) is 104 Å². The molecule has 5 unspecified atom stereocenters. The zero-order chi connectivity index (χ0) is 28.1. The number of amides is 4. The summed E-state index contributed by atoms with van der Waals surface area (Å²) in [6.07, 6.45) is -0.456. The zero-order valence-electron chi connectivity index (χ0n) is 20.4. The van der Waals surface area contributed by atoms with Gasteiger partial charge in [0.25, 0.3) is 5.91 Å². The highest BCUT2D eigenvalue weighted by molar-refractivity contribution is 6.40. The van der Waals surface area contributed by atoms with Gasteiger partial charge in [0.05, 0.1) is 28.2 Å². The monoisotopic (exact) mass is 609 g/mol. The molecular formula is C26H19Cl4N3O6. The van der Waals surface area contributed by atoms with Gasteiger partial charge in [-0.05, 0) is 30.3 Å². The average molecular weight is 611 g/mol. The van der Waals surface area contributed by atoms with Crippen molar-refractivity contribution in [2.24, 2.45) is 11.8 Å². The van der Waals surface area contributed by atoms with Gasteiger partial charge in [0.15, 0.2) is 0 Å². The lowest BCUT2D eigenvalue weighted by atomic mass is 9.75. The van der Waals surface area contributed by atoms with Crippen LogP contribution in [0, 0.1) is 11.8 Å². The van der Waals surface area contributed by atoms with Gasteiger partial charge in [0.1, 0.15) is 11.6 Å². The number of halogens is 4. The average Bonchev–Trinajstić information content (AvgIpc) is 3.48. The lowest BCUT2D eigenvalue weighted by Crippen LogP contribution is -2.57. The minimum atomic E-state index is -1.80. The number of anilines is 2. The molecule has 0 radical (unpaired) electrons. The van der Waals surface area contributed by atoms with Gasteiger partial charge in [-0.15, -0.1) is 0 Å². The number of fused-ring (bicyclic) bond motifs is 7. The fourth-order valence-corrected chi connectivity index (χ4v) is 7.95. The van der Waals surface area contributed by atoms with Crippen molar-refractivity contribution in [1.29, 1.82) is 0 Å². The largest absolute Gasteiger partial charge is 0.461 e. The van der Waals surface area contributed by atoms with E-state index >= 15 is 0 Å². The van der Waals surface area contributed by atoms with E-state index in [-0.39, 0.29) is 50.0 Å². The first-order chi connectivity index (χ1) is 18.4. The number of nitrogens with zero attached hydrogens (tertiary/aromatic N) is 3. The summed E-state index contributed by atoms with van der Waals surface area (Å²) in [7, 11) is 0. The maximum Gasteiger partial charge on any atom is 0.302 e. The number of esters is 1. The molecule has 39 heavy (non-hydrogen) atoms. The van der Waals surface area contributed by atoms with Crippen LogP contribution in [0.1, 0.15) is 25.8 Å². The highest BCUT2D eigenvalue weighted by Gasteiger charge is 2.77. The Morgan fingerprint density at radius 3 is 2.18 bits per heavy atom. The second-order valence-corrected chi connectivity index (χ2v) is 11.8. The van der Waals surface area contributed by atoms with Crippen molar-refractivity contribution < 1.29 is 28.7 Å². The van der Waals surface area contributed by atoms with E-state index in [9.17, 15) is 24.0 Å². The summed E-state index contributed by atoms with van der Waals surface area (Å²) in [4.78, 5) is 71.0. The normalized spacial score (nSPS) is 29.3. The first kappa shape index (κ1) is 26.5. The van der Waals surface area contributed by atoms with E-state index in [4.69, 9.17) is 51.1 Å². The number of rotatable bonds is 2. The SMILES string of the molecule is CC(=O)OC1CC2C3C(=O)N(c4cc(Cl)cc(Cl)c4)C(=O)C3C3(C(=O)N(C(C)=O)c4c(Cl)cc(Cl)cc43)N2C1. The van der Waals surface area contributed by atoms with Crippen LogP contribution in [-0.4, -0.2) is 53.2 Å². The molecule has 0 aromatic heterocycles. The molecule has 5 atom stereocenters. The number of hydrogen-bond donors (Lipinski definition) is 0. The van der Waals surface area contributed by atoms with Gasteiger partial charge in [0.2, 0.25) is 17.7 Å². The second-order valence-electron chi connectivity index (χ2n) is 10.0. The maximum atomic E-state index is 14.4. The minimum absolute atomic E-state index is 0.0453. The maximum absolute atomic E-state index is 14.4. The Morgan fingerprint density at radius 1 is 0.923 bits per heavy atom. The molecule has 202 valence electrons. The van der Waals surface area contributed by atoms with Crippen molar-refractivity contribution in [2.45, 2.75) is 38.0 Å². The predicted molar refractivity (Wildman–Crippen MR) is 143 cm³/mol. The van der Waals surface area contributed by atoms with Gasteiger partial charge in [-0.1, -0.05) is 46.4 Å². The standard InChI is InChI=1S/C26H19Cl4N3O6/c1-10(34)32-22-17(6-14(29)7-18(22)30)26(25(32)38)21-20(19-8-16(9-31(19)26)39-11(2)35)23(36)33(24(21)37)15-4-12(27)3-13(28)5-15/h3-7,16,19-21H,8-9H2,1-2H3. The van der Waals surface area contributed by atoms with Crippen LogP contribution in [0.15, 0.2) is 30.3 Å². The summed E-state index contributed by atoms with van der Waals surface area (Å²) in [5.74, 6) is -5.29. The molecule has 3 saturated heterocycles. The predicted octanol–water partition coefficient (Wildman–Crippen LogP) is 4.21. The molecule has 0 aliphatic carbocycles. The molecule has 4 aliphatic heterocycles. The van der Waals surface area contributed by atoms with Gasteiger partial charge >= 0.3 is 5.97 Å². The summed E-state index contributed by atoms with van der Waals surface area (Å²) >= 11 is 25.3. The molecule has 9 nitrogen and oxygen atoms in total. The highest BCUT2D eigenvalue weighted by atomic mass is 35.5. The van der Waals surface area contributed by atoms with E-state index in [2.05, 4.69) is 0 Å². The van der Waals surface area contributed by atoms with Crippen molar-refractivity contribution in [1.82, 2.24) is 4.90 Å². The van der Waals surface area contributed by atoms with E-state index in [1.165, 1.54) is 44.2 Å². The van der Waals surface area contributed by atoms with Gasteiger partial charge < -0.3 is 4.74 Å². The molecule has 0 N–H and O–H groups in total. The number of imide groups is 2. The molecule has 0 saturated carbocycles. The van der Waals surface area contributed by atoms with Crippen molar-refractivity contribution in [3.8, 4) is 0 Å². The fourth-order valence-electron chi connectivity index (χ4n) is 6.86. The van der Waals surface area contributed by atoms with Crippen molar-refractivity contribution in [3.63, 3.8) is 0 Å². The van der Waals surface area contributed by atoms with Gasteiger partial charge in [0, 0.05) is 53.5 Å². The minimum Gasteiger partial charge on any atom is -0.461 e. The Kier molecular flexibility index (Phi) is 6.06. The first-order valence-electron chi connectivity index (χ1n) is 12.0. The number of hydrogen-bond acceptors (Lipinski definition) is 7. The van der Waals surface area contributed by atoms with Gasteiger partial charge in [-0.25, -0.2) is 9.80 Å². The van der Waals surface area contributed by atoms with E-state index in [0.717, 1.165) is 9.80 Å². The van der Waals surface area contributed by atoms with E-state index in [0.29, 0.717) is 0 Å². The molecule has 4 aliphatic rings. The summed E-state index contributed by atoms with van der Waals surface area (Å²) in [5, 5.41) is 0.656. The van der Waals surface area contributed by atoms with Crippen molar-refractivity contribution >= 4 is 87.4 Å². The Hall–Kier alpha value is -2.69. The van der Waals surface area contributed by atoms with Crippen LogP contribution >= 0.6 is 46.4 Å². The quantitative estimate of drug-likeness (QED) is 0.370. The lowest BCUT2D eigenvalue weighted by molar-refractivity contribution is -0.146. The summed E-state index contributed by atoms with van der Waals surface area (Å²) in [6, 6.07) is 6.57. The van der Waals surface area contributed by atoms with Crippen LogP contribution in [0.2, 0.25) is 20.1 Å². The van der Waals surface area contributed by atoms with Crippen LogP contribution in [0.4, 0.5) is 11.4 Å². The number of benzene rings is 2. The first-order valence-corrected chi connectivity index (χ1v) is 13.5. The zero-order valence-corrected chi connectivity index (χ0v) is 23.4. The lowest BCUT2D eigenvalue weighted by Gasteiger charge is -2.37. The molecule has 6 rings (SSSR count). The summed E-state index contributed by atoms with van der Waals surface area (Å²) in [5.41, 5.74) is -1.29. The van der Waals surface area contributed by atoms with Gasteiger partial charge in [-0.3, -0.25) is 28.9 Å². The molecular weight excluding hydrogens is 592 g/mol. The molecule has 0 bridgehead atoms. The van der Waals surface area contributed by atoms with Crippen LogP contribution in [0.25, 0.3) is 0 Å². The number of ether oxygens (including phenoxy) is 1. The van der Waals surface area contributed by atoms with E-state index in [1.54, 1.807) is 4.90 Å². The van der Waals surface area contributed by atoms with Crippen LogP contribution in [0.3, 0.4) is 0 Å². The molecule has 2 aromatic rings. The Bertz CT molecular complexity index is 1510. The van der Waals surface area contributed by atoms with Crippen LogP contribution in [-0.2, 0) is 34.2 Å². The third-order valence-electron chi connectivity index (χ3n) is 7.92. The molecule has 3 fully saturated rings. The van der Waals surface area contributed by atoms with Crippen molar-refractivity contribution in [2.75, 3.05) is 16.3 Å². The van der Waals surface area contributed by atoms with Crippen LogP contribution in [0.5, 0.6) is 0 Å². The number of carbonyl (C=O) groups is 5. The Labute approximate surface area is 242 Å². The number of carbonyl (C=O) groups excluding carboxylic acids is 5. The third-order valence-corrected chi connectivity index (χ3v) is 8.86. The highest BCUT2D eigenvalue weighted by Crippen LogP contribution is 2.63.